The van der Waals surface area contributed by atoms with Crippen LogP contribution >= 0.6 is 0 Å². The Balaban J connectivity index is 1.95. The molecule has 1 unspecified atom stereocenters. The van der Waals surface area contributed by atoms with Gasteiger partial charge in [-0.05, 0) is 31.9 Å². The number of carbonyl (C=O) groups excluding carboxylic acids is 1. The fourth-order valence-electron chi connectivity index (χ4n) is 1.96. The van der Waals surface area contributed by atoms with E-state index < -0.39 is 17.8 Å². The van der Waals surface area contributed by atoms with Crippen molar-refractivity contribution in [2.24, 2.45) is 11.8 Å². The lowest BCUT2D eigenvalue weighted by molar-refractivity contribution is -0.139. The predicted octanol–water partition coefficient (Wildman–Crippen LogP) is 2.52. The highest BCUT2D eigenvalue weighted by Crippen LogP contribution is 2.39. The van der Waals surface area contributed by atoms with Gasteiger partial charge in [0, 0.05) is 11.8 Å². The molecule has 1 aliphatic carbocycles. The fraction of sp³-hybridized carbons (Fsp3) is 0.467. The van der Waals surface area contributed by atoms with Crippen molar-refractivity contribution >= 4 is 17.6 Å². The van der Waals surface area contributed by atoms with Crippen LogP contribution in [0.25, 0.3) is 0 Å². The first-order valence-corrected chi connectivity index (χ1v) is 6.81. The van der Waals surface area contributed by atoms with Crippen molar-refractivity contribution in [1.29, 1.82) is 0 Å². The summed E-state index contributed by atoms with van der Waals surface area (Å²) < 4.78 is 5.68. The maximum Gasteiger partial charge on any atom is 0.307 e. The summed E-state index contributed by atoms with van der Waals surface area (Å²) in [7, 11) is 0. The summed E-state index contributed by atoms with van der Waals surface area (Å²) in [4.78, 5) is 22.6. The predicted molar refractivity (Wildman–Crippen MR) is 74.7 cm³/mol. The molecule has 2 rings (SSSR count). The number of ether oxygens (including phenoxy) is 1. The topological polar surface area (TPSA) is 75.6 Å². The van der Waals surface area contributed by atoms with Gasteiger partial charge in [0.05, 0.1) is 17.9 Å². The second-order valence-electron chi connectivity index (χ2n) is 5.14. The van der Waals surface area contributed by atoms with Crippen molar-refractivity contribution in [1.82, 2.24) is 0 Å². The molecule has 108 valence electrons. The average molecular weight is 277 g/mol. The number of hydrogen-bond acceptors (Lipinski definition) is 3. The maximum atomic E-state index is 11.9. The molecular formula is C15H19NO4. The molecule has 1 aromatic carbocycles. The van der Waals surface area contributed by atoms with Gasteiger partial charge in [-0.1, -0.05) is 13.0 Å². The monoisotopic (exact) mass is 277 g/mol. The number of rotatable bonds is 6. The van der Waals surface area contributed by atoms with E-state index in [1.54, 1.807) is 18.2 Å². The summed E-state index contributed by atoms with van der Waals surface area (Å²) in [6.07, 6.45) is 1.43. The minimum atomic E-state index is -0.904. The van der Waals surface area contributed by atoms with Gasteiger partial charge >= 0.3 is 5.97 Å². The lowest BCUT2D eigenvalue weighted by Crippen LogP contribution is -2.17. The standard InChI is InChI=1S/C15H19NO4/c1-3-9(2)20-11-6-4-5-10(7-11)16-14(17)12-8-13(12)15(18)19/h4-7,9,12-13H,3,8H2,1-2H3,(H,16,17)(H,18,19)/t9?,12-,13+/m1/s1. The van der Waals surface area contributed by atoms with Gasteiger partial charge in [-0.15, -0.1) is 0 Å². The van der Waals surface area contributed by atoms with E-state index in [0.29, 0.717) is 17.9 Å². The van der Waals surface area contributed by atoms with Crippen molar-refractivity contribution in [2.45, 2.75) is 32.8 Å². The molecule has 3 atom stereocenters. The molecule has 1 amide bonds. The third-order valence-electron chi connectivity index (χ3n) is 3.46. The first-order chi connectivity index (χ1) is 9.51. The fourth-order valence-corrected chi connectivity index (χ4v) is 1.96. The number of amides is 1. The van der Waals surface area contributed by atoms with Crippen LogP contribution in [0.2, 0.25) is 0 Å². The molecule has 5 heteroatoms. The third-order valence-corrected chi connectivity index (χ3v) is 3.46. The van der Waals surface area contributed by atoms with Crippen LogP contribution in [-0.4, -0.2) is 23.1 Å². The smallest absolute Gasteiger partial charge is 0.307 e. The van der Waals surface area contributed by atoms with Crippen molar-refractivity contribution < 1.29 is 19.4 Å². The highest BCUT2D eigenvalue weighted by atomic mass is 16.5. The van der Waals surface area contributed by atoms with Gasteiger partial charge in [0.2, 0.25) is 5.91 Å². The molecule has 1 aromatic rings. The van der Waals surface area contributed by atoms with Crippen molar-refractivity contribution in [3.63, 3.8) is 0 Å². The van der Waals surface area contributed by atoms with Crippen LogP contribution < -0.4 is 10.1 Å². The molecule has 0 spiro atoms. The molecular weight excluding hydrogens is 258 g/mol. The Morgan fingerprint density at radius 2 is 2.20 bits per heavy atom. The Morgan fingerprint density at radius 1 is 1.45 bits per heavy atom. The Bertz CT molecular complexity index is 514. The average Bonchev–Trinajstić information content (AvgIpc) is 3.19. The quantitative estimate of drug-likeness (QED) is 0.837. The minimum Gasteiger partial charge on any atom is -0.491 e. The molecule has 2 N–H and O–H groups in total. The summed E-state index contributed by atoms with van der Waals surface area (Å²) in [5.74, 6) is -1.39. The van der Waals surface area contributed by atoms with Crippen LogP contribution in [-0.2, 0) is 9.59 Å². The van der Waals surface area contributed by atoms with E-state index >= 15 is 0 Å². The largest absolute Gasteiger partial charge is 0.491 e. The summed E-state index contributed by atoms with van der Waals surface area (Å²) >= 11 is 0. The second kappa shape index (κ2) is 5.94. The molecule has 0 radical (unpaired) electrons. The lowest BCUT2D eigenvalue weighted by Gasteiger charge is -2.13. The van der Waals surface area contributed by atoms with Gasteiger partial charge in [0.25, 0.3) is 0 Å². The molecule has 1 aliphatic rings. The SMILES string of the molecule is CCC(C)Oc1cccc(NC(=O)[C@@H]2C[C@@H]2C(=O)O)c1. The number of hydrogen-bond donors (Lipinski definition) is 2. The Labute approximate surface area is 117 Å². The number of carboxylic acid groups (broad SMARTS) is 1. The van der Waals surface area contributed by atoms with Crippen LogP contribution in [0.3, 0.4) is 0 Å². The first kappa shape index (κ1) is 14.4. The number of carboxylic acids is 1. The van der Waals surface area contributed by atoms with Crippen LogP contribution in [0.1, 0.15) is 26.7 Å². The zero-order chi connectivity index (χ0) is 14.7. The van der Waals surface area contributed by atoms with E-state index in [0.717, 1.165) is 6.42 Å². The van der Waals surface area contributed by atoms with Gasteiger partial charge in [-0.3, -0.25) is 9.59 Å². The van der Waals surface area contributed by atoms with E-state index in [2.05, 4.69) is 5.32 Å². The van der Waals surface area contributed by atoms with Crippen LogP contribution in [0.15, 0.2) is 24.3 Å². The van der Waals surface area contributed by atoms with E-state index in [9.17, 15) is 9.59 Å². The molecule has 1 fully saturated rings. The van der Waals surface area contributed by atoms with Crippen LogP contribution in [0, 0.1) is 11.8 Å². The normalized spacial score (nSPS) is 21.9. The van der Waals surface area contributed by atoms with E-state index in [1.165, 1.54) is 0 Å². The van der Waals surface area contributed by atoms with Gasteiger partial charge < -0.3 is 15.2 Å². The number of nitrogens with one attached hydrogen (secondary N) is 1. The molecule has 20 heavy (non-hydrogen) atoms. The number of anilines is 1. The number of carbonyl (C=O) groups is 2. The minimum absolute atomic E-state index is 0.112. The Hall–Kier alpha value is -2.04. The Kier molecular flexibility index (Phi) is 4.27. The lowest BCUT2D eigenvalue weighted by atomic mass is 10.2. The first-order valence-electron chi connectivity index (χ1n) is 6.81. The molecule has 0 saturated heterocycles. The second-order valence-corrected chi connectivity index (χ2v) is 5.14. The van der Waals surface area contributed by atoms with E-state index in [-0.39, 0.29) is 12.0 Å². The van der Waals surface area contributed by atoms with Gasteiger partial charge in [-0.2, -0.15) is 0 Å². The van der Waals surface area contributed by atoms with Crippen molar-refractivity contribution in [3.05, 3.63) is 24.3 Å². The van der Waals surface area contributed by atoms with Crippen LogP contribution in [0.4, 0.5) is 5.69 Å². The molecule has 0 bridgehead atoms. The van der Waals surface area contributed by atoms with Gasteiger partial charge in [0.15, 0.2) is 0 Å². The Morgan fingerprint density at radius 3 is 2.80 bits per heavy atom. The molecule has 1 saturated carbocycles. The zero-order valence-electron chi connectivity index (χ0n) is 11.6. The van der Waals surface area contributed by atoms with E-state index in [1.807, 2.05) is 19.9 Å². The van der Waals surface area contributed by atoms with Gasteiger partial charge in [0.1, 0.15) is 5.75 Å². The number of benzene rings is 1. The van der Waals surface area contributed by atoms with E-state index in [4.69, 9.17) is 9.84 Å². The molecule has 0 heterocycles. The molecule has 5 nitrogen and oxygen atoms in total. The summed E-state index contributed by atoms with van der Waals surface area (Å²) in [5, 5.41) is 11.5. The van der Waals surface area contributed by atoms with Crippen LogP contribution in [0.5, 0.6) is 5.75 Å². The molecule has 0 aliphatic heterocycles. The highest BCUT2D eigenvalue weighted by molar-refractivity contribution is 5.98. The highest BCUT2D eigenvalue weighted by Gasteiger charge is 2.48. The zero-order valence-corrected chi connectivity index (χ0v) is 11.6. The number of aliphatic carboxylic acids is 1. The summed E-state index contributed by atoms with van der Waals surface area (Å²) in [6, 6.07) is 7.15. The molecule has 0 aromatic heterocycles. The van der Waals surface area contributed by atoms with Crippen molar-refractivity contribution in [2.75, 3.05) is 5.32 Å². The maximum absolute atomic E-state index is 11.9. The van der Waals surface area contributed by atoms with Gasteiger partial charge in [-0.25, -0.2) is 0 Å². The summed E-state index contributed by atoms with van der Waals surface area (Å²) in [6.45, 7) is 4.02. The summed E-state index contributed by atoms with van der Waals surface area (Å²) in [5.41, 5.74) is 0.631. The van der Waals surface area contributed by atoms with Crippen molar-refractivity contribution in [3.8, 4) is 5.75 Å². The third kappa shape index (κ3) is 3.50.